The second-order valence-electron chi connectivity index (χ2n) is 3.73. The molecule has 0 spiro atoms. The summed E-state index contributed by atoms with van der Waals surface area (Å²) in [6, 6.07) is 3.31. The van der Waals surface area contributed by atoms with E-state index in [1.165, 1.54) is 11.3 Å². The third-order valence-electron chi connectivity index (χ3n) is 1.91. The van der Waals surface area contributed by atoms with Gasteiger partial charge >= 0.3 is 0 Å². The number of nitrogens with zero attached hydrogens (tertiary/aromatic N) is 3. The van der Waals surface area contributed by atoms with Crippen molar-refractivity contribution < 1.29 is 4.79 Å². The Morgan fingerprint density at radius 3 is 2.72 bits per heavy atom. The van der Waals surface area contributed by atoms with E-state index in [2.05, 4.69) is 34.3 Å². The predicted octanol–water partition coefficient (Wildman–Crippen LogP) is 2.69. The fraction of sp³-hybridized carbons (Fsp3) is 0.273. The minimum absolute atomic E-state index is 0.199. The molecule has 0 fully saturated rings. The van der Waals surface area contributed by atoms with Crippen LogP contribution in [0.1, 0.15) is 24.2 Å². The van der Waals surface area contributed by atoms with Crippen molar-refractivity contribution in [3.8, 4) is 0 Å². The van der Waals surface area contributed by atoms with Crippen LogP contribution in [0.4, 0.5) is 5.13 Å². The first-order valence-electron chi connectivity index (χ1n) is 5.36. The normalized spacial score (nSPS) is 10.6. The Kier molecular flexibility index (Phi) is 4.27. The van der Waals surface area contributed by atoms with Gasteiger partial charge in [0.15, 0.2) is 4.34 Å². The van der Waals surface area contributed by atoms with E-state index >= 15 is 0 Å². The molecule has 0 atom stereocenters. The van der Waals surface area contributed by atoms with Crippen molar-refractivity contribution in [1.29, 1.82) is 0 Å². The Bertz CT molecular complexity index is 527. The molecule has 94 valence electrons. The Hall–Kier alpha value is -1.47. The number of aromatic nitrogens is 3. The van der Waals surface area contributed by atoms with Gasteiger partial charge in [-0.05, 0) is 12.1 Å². The maximum Gasteiger partial charge on any atom is 0.257 e. The summed E-state index contributed by atoms with van der Waals surface area (Å²) in [5.41, 5.74) is 0.554. The van der Waals surface area contributed by atoms with E-state index in [1.807, 2.05) is 0 Å². The van der Waals surface area contributed by atoms with Crippen molar-refractivity contribution in [2.45, 2.75) is 23.4 Å². The smallest absolute Gasteiger partial charge is 0.257 e. The van der Waals surface area contributed by atoms with Gasteiger partial charge in [0, 0.05) is 23.2 Å². The number of carbonyl (C=O) groups is 1. The van der Waals surface area contributed by atoms with Gasteiger partial charge in [-0.25, -0.2) is 0 Å². The van der Waals surface area contributed by atoms with Gasteiger partial charge in [-0.2, -0.15) is 0 Å². The molecule has 2 aromatic rings. The highest BCUT2D eigenvalue weighted by Gasteiger charge is 2.10. The molecule has 2 aromatic heterocycles. The summed E-state index contributed by atoms with van der Waals surface area (Å²) in [5, 5.41) is 11.6. The predicted molar refractivity (Wildman–Crippen MR) is 73.1 cm³/mol. The summed E-state index contributed by atoms with van der Waals surface area (Å²) >= 11 is 3.00. The van der Waals surface area contributed by atoms with Crippen LogP contribution < -0.4 is 5.32 Å². The zero-order valence-electron chi connectivity index (χ0n) is 9.95. The van der Waals surface area contributed by atoms with Crippen LogP contribution in [0, 0.1) is 0 Å². The number of nitrogens with one attached hydrogen (secondary N) is 1. The lowest BCUT2D eigenvalue weighted by molar-refractivity contribution is 0.102. The van der Waals surface area contributed by atoms with Gasteiger partial charge < -0.3 is 0 Å². The number of carbonyl (C=O) groups excluding carboxylic acids is 1. The lowest BCUT2D eigenvalue weighted by Gasteiger charge is -1.99. The molecule has 0 saturated heterocycles. The molecule has 5 nitrogen and oxygen atoms in total. The van der Waals surface area contributed by atoms with Gasteiger partial charge in [-0.3, -0.25) is 15.1 Å². The number of pyridine rings is 1. The van der Waals surface area contributed by atoms with E-state index in [0.29, 0.717) is 15.9 Å². The maximum absolute atomic E-state index is 11.8. The molecule has 0 aliphatic rings. The van der Waals surface area contributed by atoms with Crippen molar-refractivity contribution in [1.82, 2.24) is 15.2 Å². The van der Waals surface area contributed by atoms with E-state index in [-0.39, 0.29) is 5.91 Å². The Balaban J connectivity index is 2.01. The summed E-state index contributed by atoms with van der Waals surface area (Å²) in [4.78, 5) is 15.7. The second-order valence-corrected chi connectivity index (χ2v) is 6.53. The Labute approximate surface area is 113 Å². The maximum atomic E-state index is 11.8. The molecule has 0 aliphatic heterocycles. The fourth-order valence-corrected chi connectivity index (χ4v) is 3.15. The van der Waals surface area contributed by atoms with Crippen molar-refractivity contribution in [3.63, 3.8) is 0 Å². The quantitative estimate of drug-likeness (QED) is 0.689. The first kappa shape index (κ1) is 13.0. The molecular weight excluding hydrogens is 268 g/mol. The first-order chi connectivity index (χ1) is 8.65. The van der Waals surface area contributed by atoms with Crippen LogP contribution in [0.3, 0.4) is 0 Å². The number of thioether (sulfide) groups is 1. The monoisotopic (exact) mass is 280 g/mol. The van der Waals surface area contributed by atoms with Crippen molar-refractivity contribution >= 4 is 34.1 Å². The van der Waals surface area contributed by atoms with Crippen LogP contribution in [0.2, 0.25) is 0 Å². The molecule has 0 saturated carbocycles. The molecule has 0 bridgehead atoms. The third-order valence-corrected chi connectivity index (χ3v) is 3.83. The van der Waals surface area contributed by atoms with Gasteiger partial charge in [0.2, 0.25) is 5.13 Å². The molecule has 0 aromatic carbocycles. The molecule has 0 aliphatic carbocycles. The van der Waals surface area contributed by atoms with Crippen LogP contribution in [-0.2, 0) is 0 Å². The standard InChI is InChI=1S/C11H12N4OS2/c1-7(2)17-11-15-14-10(18-11)13-9(16)8-3-5-12-6-4-8/h3-7H,1-2H3,(H,13,14,16). The molecule has 1 N–H and O–H groups in total. The van der Waals surface area contributed by atoms with Crippen LogP contribution in [0.25, 0.3) is 0 Å². The molecular formula is C11H12N4OS2. The average Bonchev–Trinajstić information content (AvgIpc) is 2.76. The first-order valence-corrected chi connectivity index (χ1v) is 7.06. The van der Waals surface area contributed by atoms with Crippen LogP contribution in [-0.4, -0.2) is 26.3 Å². The SMILES string of the molecule is CC(C)Sc1nnc(NC(=O)c2ccncc2)s1. The molecule has 2 rings (SSSR count). The topological polar surface area (TPSA) is 67.8 Å². The van der Waals surface area contributed by atoms with E-state index in [0.717, 1.165) is 4.34 Å². The van der Waals surface area contributed by atoms with Gasteiger partial charge in [0.1, 0.15) is 0 Å². The van der Waals surface area contributed by atoms with E-state index in [4.69, 9.17) is 0 Å². The second kappa shape index (κ2) is 5.92. The fourth-order valence-electron chi connectivity index (χ4n) is 1.18. The molecule has 1 amide bonds. The minimum atomic E-state index is -0.199. The number of rotatable bonds is 4. The van der Waals surface area contributed by atoms with Gasteiger partial charge in [0.05, 0.1) is 0 Å². The number of hydrogen-bond acceptors (Lipinski definition) is 6. The van der Waals surface area contributed by atoms with E-state index < -0.39 is 0 Å². The summed E-state index contributed by atoms with van der Waals surface area (Å²) in [7, 11) is 0. The van der Waals surface area contributed by atoms with Gasteiger partial charge in [-0.1, -0.05) is 36.9 Å². The highest BCUT2D eigenvalue weighted by atomic mass is 32.2. The van der Waals surface area contributed by atoms with Crippen LogP contribution in [0.5, 0.6) is 0 Å². The Morgan fingerprint density at radius 2 is 2.06 bits per heavy atom. The zero-order chi connectivity index (χ0) is 13.0. The zero-order valence-corrected chi connectivity index (χ0v) is 11.6. The highest BCUT2D eigenvalue weighted by Crippen LogP contribution is 2.28. The van der Waals surface area contributed by atoms with Gasteiger partial charge in [-0.15, -0.1) is 10.2 Å². The average molecular weight is 280 g/mol. The number of hydrogen-bond donors (Lipinski definition) is 1. The summed E-state index contributed by atoms with van der Waals surface area (Å²) in [6.07, 6.45) is 3.16. The van der Waals surface area contributed by atoms with Gasteiger partial charge in [0.25, 0.3) is 5.91 Å². The minimum Gasteiger partial charge on any atom is -0.296 e. The summed E-state index contributed by atoms with van der Waals surface area (Å²) < 4.78 is 0.857. The molecule has 7 heteroatoms. The highest BCUT2D eigenvalue weighted by molar-refractivity contribution is 8.01. The van der Waals surface area contributed by atoms with E-state index in [9.17, 15) is 4.79 Å². The number of amides is 1. The number of anilines is 1. The van der Waals surface area contributed by atoms with Crippen molar-refractivity contribution in [2.75, 3.05) is 5.32 Å². The molecule has 0 radical (unpaired) electrons. The van der Waals surface area contributed by atoms with Crippen molar-refractivity contribution in [3.05, 3.63) is 30.1 Å². The van der Waals surface area contributed by atoms with Crippen LogP contribution in [0.15, 0.2) is 28.9 Å². The third kappa shape index (κ3) is 3.51. The van der Waals surface area contributed by atoms with E-state index in [1.54, 1.807) is 36.3 Å². The molecule has 0 unspecified atom stereocenters. The van der Waals surface area contributed by atoms with Crippen LogP contribution >= 0.6 is 23.1 Å². The summed E-state index contributed by atoms with van der Waals surface area (Å²) in [6.45, 7) is 4.17. The Morgan fingerprint density at radius 1 is 1.33 bits per heavy atom. The van der Waals surface area contributed by atoms with Crippen molar-refractivity contribution in [2.24, 2.45) is 0 Å². The molecule has 2 heterocycles. The lowest BCUT2D eigenvalue weighted by atomic mass is 10.2. The summed E-state index contributed by atoms with van der Waals surface area (Å²) in [5.74, 6) is -0.199. The lowest BCUT2D eigenvalue weighted by Crippen LogP contribution is -2.11. The largest absolute Gasteiger partial charge is 0.296 e. The molecule has 18 heavy (non-hydrogen) atoms.